The van der Waals surface area contributed by atoms with Gasteiger partial charge < -0.3 is 9.84 Å². The Hall–Kier alpha value is -1.27. The van der Waals surface area contributed by atoms with Gasteiger partial charge in [0.2, 0.25) is 11.7 Å². The molecule has 0 aromatic carbocycles. The van der Waals surface area contributed by atoms with E-state index in [2.05, 4.69) is 36.4 Å². The molecule has 1 atom stereocenters. The molecule has 2 aromatic heterocycles. The van der Waals surface area contributed by atoms with Gasteiger partial charge in [0.05, 0.1) is 0 Å². The molecule has 1 fully saturated rings. The van der Waals surface area contributed by atoms with E-state index in [1.807, 2.05) is 13.1 Å². The van der Waals surface area contributed by atoms with E-state index in [1.54, 1.807) is 12.4 Å². The molecule has 1 aliphatic rings. The van der Waals surface area contributed by atoms with Crippen LogP contribution in [0.3, 0.4) is 0 Å². The molecule has 2 heterocycles. The second kappa shape index (κ2) is 6.66. The lowest BCUT2D eigenvalue weighted by Crippen LogP contribution is -2.34. The van der Waals surface area contributed by atoms with Crippen LogP contribution in [-0.4, -0.2) is 28.2 Å². The van der Waals surface area contributed by atoms with Crippen LogP contribution in [0.5, 0.6) is 0 Å². The van der Waals surface area contributed by atoms with Crippen LogP contribution in [-0.2, 0) is 6.42 Å². The third kappa shape index (κ3) is 3.49. The fourth-order valence-electron chi connectivity index (χ4n) is 3.04. The second-order valence-electron chi connectivity index (χ2n) is 5.55. The van der Waals surface area contributed by atoms with Crippen LogP contribution in [0, 0.1) is 5.92 Å². The summed E-state index contributed by atoms with van der Waals surface area (Å²) >= 11 is 3.40. The highest BCUT2D eigenvalue weighted by Crippen LogP contribution is 2.29. The summed E-state index contributed by atoms with van der Waals surface area (Å²) in [5, 5.41) is 7.47. The number of hydrogen-bond donors (Lipinski definition) is 1. The standard InChI is InChI=1S/C15H19BrN4O/c1-17-13(10-4-2-3-5-10)7-14-19-15(20-21-14)11-6-12(16)9-18-8-11/h6,8-10,13,17H,2-5,7H2,1H3. The zero-order valence-electron chi connectivity index (χ0n) is 12.1. The van der Waals surface area contributed by atoms with Crippen molar-refractivity contribution in [3.8, 4) is 11.4 Å². The van der Waals surface area contributed by atoms with E-state index in [1.165, 1.54) is 25.7 Å². The Morgan fingerprint density at radius 1 is 1.38 bits per heavy atom. The second-order valence-corrected chi connectivity index (χ2v) is 6.46. The van der Waals surface area contributed by atoms with Gasteiger partial charge in [-0.25, -0.2) is 0 Å². The molecular weight excluding hydrogens is 332 g/mol. The first kappa shape index (κ1) is 14.7. The van der Waals surface area contributed by atoms with Crippen molar-refractivity contribution in [2.45, 2.75) is 38.1 Å². The van der Waals surface area contributed by atoms with E-state index in [4.69, 9.17) is 4.52 Å². The topological polar surface area (TPSA) is 63.8 Å². The van der Waals surface area contributed by atoms with Crippen molar-refractivity contribution >= 4 is 15.9 Å². The monoisotopic (exact) mass is 350 g/mol. The third-order valence-electron chi connectivity index (χ3n) is 4.17. The molecule has 1 N–H and O–H groups in total. The van der Waals surface area contributed by atoms with Gasteiger partial charge in [-0.15, -0.1) is 0 Å². The summed E-state index contributed by atoms with van der Waals surface area (Å²) in [4.78, 5) is 8.63. The Morgan fingerprint density at radius 2 is 2.19 bits per heavy atom. The quantitative estimate of drug-likeness (QED) is 0.896. The van der Waals surface area contributed by atoms with E-state index in [0.29, 0.717) is 17.8 Å². The van der Waals surface area contributed by atoms with E-state index < -0.39 is 0 Å². The van der Waals surface area contributed by atoms with Crippen LogP contribution in [0.2, 0.25) is 0 Å². The lowest BCUT2D eigenvalue weighted by atomic mass is 9.95. The lowest BCUT2D eigenvalue weighted by molar-refractivity contribution is 0.318. The first-order valence-corrected chi connectivity index (χ1v) is 8.16. The largest absolute Gasteiger partial charge is 0.339 e. The van der Waals surface area contributed by atoms with Crippen molar-refractivity contribution in [2.75, 3.05) is 7.05 Å². The normalized spacial score (nSPS) is 17.2. The summed E-state index contributed by atoms with van der Waals surface area (Å²) in [5.74, 6) is 2.01. The van der Waals surface area contributed by atoms with Crippen molar-refractivity contribution in [1.82, 2.24) is 20.4 Å². The fourth-order valence-corrected chi connectivity index (χ4v) is 3.41. The predicted octanol–water partition coefficient (Wildman–Crippen LogP) is 3.21. The van der Waals surface area contributed by atoms with Gasteiger partial charge in [0, 0.05) is 34.9 Å². The minimum Gasteiger partial charge on any atom is -0.339 e. The third-order valence-corrected chi connectivity index (χ3v) is 4.60. The SMILES string of the molecule is CNC(Cc1nc(-c2cncc(Br)c2)no1)C1CCCC1. The molecule has 1 saturated carbocycles. The number of hydrogen-bond acceptors (Lipinski definition) is 5. The highest BCUT2D eigenvalue weighted by atomic mass is 79.9. The molecule has 0 amide bonds. The Labute approximate surface area is 132 Å². The van der Waals surface area contributed by atoms with E-state index >= 15 is 0 Å². The van der Waals surface area contributed by atoms with Crippen molar-refractivity contribution in [1.29, 1.82) is 0 Å². The Bertz CT molecular complexity index is 595. The summed E-state index contributed by atoms with van der Waals surface area (Å²) in [6.45, 7) is 0. The van der Waals surface area contributed by atoms with E-state index in [9.17, 15) is 0 Å². The number of pyridine rings is 1. The first-order valence-electron chi connectivity index (χ1n) is 7.37. The van der Waals surface area contributed by atoms with Crippen molar-refractivity contribution in [3.05, 3.63) is 28.8 Å². The minimum atomic E-state index is 0.418. The van der Waals surface area contributed by atoms with Crippen LogP contribution < -0.4 is 5.32 Å². The number of nitrogens with zero attached hydrogens (tertiary/aromatic N) is 3. The molecule has 21 heavy (non-hydrogen) atoms. The maximum Gasteiger partial charge on any atom is 0.228 e. The molecule has 112 valence electrons. The summed E-state index contributed by atoms with van der Waals surface area (Å²) < 4.78 is 6.31. The van der Waals surface area contributed by atoms with Gasteiger partial charge in [-0.3, -0.25) is 4.98 Å². The number of halogens is 1. The molecule has 0 bridgehead atoms. The molecule has 3 rings (SSSR count). The number of aromatic nitrogens is 3. The molecule has 0 aliphatic heterocycles. The van der Waals surface area contributed by atoms with E-state index in [0.717, 1.165) is 22.4 Å². The molecule has 0 spiro atoms. The summed E-state index contributed by atoms with van der Waals surface area (Å²) in [7, 11) is 2.01. The molecule has 2 aromatic rings. The van der Waals surface area contributed by atoms with Gasteiger partial charge in [-0.2, -0.15) is 4.98 Å². The average Bonchev–Trinajstić information content (AvgIpc) is 3.16. The Morgan fingerprint density at radius 3 is 2.90 bits per heavy atom. The molecule has 5 nitrogen and oxygen atoms in total. The maximum absolute atomic E-state index is 5.41. The molecular formula is C15H19BrN4O. The van der Waals surface area contributed by atoms with Gasteiger partial charge in [0.15, 0.2) is 0 Å². The summed E-state index contributed by atoms with van der Waals surface area (Å²) in [5.41, 5.74) is 0.862. The van der Waals surface area contributed by atoms with Crippen molar-refractivity contribution in [3.63, 3.8) is 0 Å². The highest BCUT2D eigenvalue weighted by Gasteiger charge is 2.25. The summed E-state index contributed by atoms with van der Waals surface area (Å²) in [6, 6.07) is 2.36. The predicted molar refractivity (Wildman–Crippen MR) is 83.7 cm³/mol. The van der Waals surface area contributed by atoms with Gasteiger partial charge in [0.1, 0.15) is 0 Å². The van der Waals surface area contributed by atoms with Crippen LogP contribution in [0.1, 0.15) is 31.6 Å². The van der Waals surface area contributed by atoms with Crippen LogP contribution in [0.25, 0.3) is 11.4 Å². The smallest absolute Gasteiger partial charge is 0.228 e. The Balaban J connectivity index is 1.72. The van der Waals surface area contributed by atoms with Crippen LogP contribution >= 0.6 is 15.9 Å². The zero-order valence-corrected chi connectivity index (χ0v) is 13.6. The Kier molecular flexibility index (Phi) is 4.65. The number of nitrogens with one attached hydrogen (secondary N) is 1. The number of rotatable bonds is 5. The molecule has 1 unspecified atom stereocenters. The fraction of sp³-hybridized carbons (Fsp3) is 0.533. The highest BCUT2D eigenvalue weighted by molar-refractivity contribution is 9.10. The zero-order chi connectivity index (χ0) is 14.7. The molecule has 6 heteroatoms. The first-order chi connectivity index (χ1) is 10.3. The average molecular weight is 351 g/mol. The van der Waals surface area contributed by atoms with Gasteiger partial charge in [-0.1, -0.05) is 18.0 Å². The van der Waals surface area contributed by atoms with Gasteiger partial charge in [0.25, 0.3) is 0 Å². The minimum absolute atomic E-state index is 0.418. The van der Waals surface area contributed by atoms with Crippen molar-refractivity contribution in [2.24, 2.45) is 5.92 Å². The number of likely N-dealkylation sites (N-methyl/N-ethyl adjacent to an activating group) is 1. The molecule has 1 aliphatic carbocycles. The van der Waals surface area contributed by atoms with E-state index in [-0.39, 0.29) is 0 Å². The summed E-state index contributed by atoms with van der Waals surface area (Å²) in [6.07, 6.45) is 9.52. The van der Waals surface area contributed by atoms with Crippen LogP contribution in [0.15, 0.2) is 27.5 Å². The molecule has 0 saturated heterocycles. The molecule has 0 radical (unpaired) electrons. The van der Waals surface area contributed by atoms with Gasteiger partial charge in [-0.05, 0) is 47.8 Å². The maximum atomic E-state index is 5.41. The van der Waals surface area contributed by atoms with Crippen molar-refractivity contribution < 1.29 is 4.52 Å². The van der Waals surface area contributed by atoms with Crippen LogP contribution in [0.4, 0.5) is 0 Å². The lowest BCUT2D eigenvalue weighted by Gasteiger charge is -2.20. The van der Waals surface area contributed by atoms with Gasteiger partial charge >= 0.3 is 0 Å².